The van der Waals surface area contributed by atoms with Crippen molar-refractivity contribution in [2.24, 2.45) is 9.98 Å². The lowest BCUT2D eigenvalue weighted by atomic mass is 10.0. The van der Waals surface area contributed by atoms with Crippen LogP contribution in [-0.2, 0) is 0 Å². The number of nitrogens with zero attached hydrogens (tertiary/aromatic N) is 5. The van der Waals surface area contributed by atoms with Gasteiger partial charge in [0.2, 0.25) is 0 Å². The zero-order valence-electron chi connectivity index (χ0n) is 29.3. The van der Waals surface area contributed by atoms with Gasteiger partial charge in [0.15, 0.2) is 23.3 Å². The summed E-state index contributed by atoms with van der Waals surface area (Å²) >= 11 is 1.25. The van der Waals surface area contributed by atoms with E-state index in [0.717, 1.165) is 41.0 Å². The summed E-state index contributed by atoms with van der Waals surface area (Å²) in [5.74, 6) is 2.73. The van der Waals surface area contributed by atoms with Gasteiger partial charge in [-0.3, -0.25) is 0 Å². The van der Waals surface area contributed by atoms with E-state index in [4.69, 9.17) is 24.9 Å². The molecular weight excluding hydrogens is 806 g/mol. The van der Waals surface area contributed by atoms with Gasteiger partial charge >= 0.3 is 0 Å². The van der Waals surface area contributed by atoms with Crippen molar-refractivity contribution in [3.63, 3.8) is 0 Å². The van der Waals surface area contributed by atoms with Crippen LogP contribution in [0.1, 0.15) is 16.7 Å². The van der Waals surface area contributed by atoms with Gasteiger partial charge in [0.1, 0.15) is 7.35 Å². The van der Waals surface area contributed by atoms with Crippen LogP contribution in [0.15, 0.2) is 192 Å². The van der Waals surface area contributed by atoms with E-state index >= 15 is 0 Å². The highest BCUT2D eigenvalue weighted by Gasteiger charge is 2.18. The van der Waals surface area contributed by atoms with Crippen LogP contribution in [-0.4, -0.2) is 28.1 Å². The van der Waals surface area contributed by atoms with E-state index in [9.17, 15) is 0 Å². The van der Waals surface area contributed by atoms with Gasteiger partial charge in [-0.25, -0.2) is 24.9 Å². The van der Waals surface area contributed by atoms with Crippen molar-refractivity contribution < 1.29 is 0 Å². The third-order valence-electron chi connectivity index (χ3n) is 9.52. The third kappa shape index (κ3) is 6.73. The van der Waals surface area contributed by atoms with Gasteiger partial charge in [-0.1, -0.05) is 164 Å². The zero-order chi connectivity index (χ0) is 36.6. The van der Waals surface area contributed by atoms with Crippen molar-refractivity contribution in [1.82, 2.24) is 15.0 Å². The van der Waals surface area contributed by atoms with E-state index in [0.29, 0.717) is 17.5 Å². The molecule has 0 bridgehead atoms. The molecule has 5 nitrogen and oxygen atoms in total. The van der Waals surface area contributed by atoms with Gasteiger partial charge < -0.3 is 0 Å². The maximum atomic E-state index is 5.17. The first kappa shape index (κ1) is 33.3. The molecule has 7 heteroatoms. The highest BCUT2D eigenvalue weighted by atomic mass is 127. The molecule has 260 valence electrons. The van der Waals surface area contributed by atoms with Crippen LogP contribution in [0.3, 0.4) is 0 Å². The number of aliphatic imine (C=N–C) groups is 2. The quantitative estimate of drug-likeness (QED) is 0.150. The van der Waals surface area contributed by atoms with Crippen LogP contribution in [0.2, 0.25) is 0 Å². The fraction of sp³-hybridized carbons (Fsp3) is 0. The molecule has 0 spiro atoms. The summed E-state index contributed by atoms with van der Waals surface area (Å²) in [6.45, 7) is 0. The number of hydrogen-bond donors (Lipinski definition) is 0. The molecule has 10 rings (SSSR count). The SMILES string of the molecule is c1ccc(C2=NC(c3ccccc3)=IC(c3ccc4c(c3)sc3ccc(-c5ccc(-c6nc(-c7ccccc7)nc(-c7ccccc7)n6)cc5)cc34)=N2)cc1. The summed E-state index contributed by atoms with van der Waals surface area (Å²) in [6, 6.07) is 63.1. The average Bonchev–Trinajstić information content (AvgIpc) is 3.65. The molecule has 0 saturated carbocycles. The Morgan fingerprint density at radius 1 is 0.345 bits per heavy atom. The van der Waals surface area contributed by atoms with Gasteiger partial charge in [-0.15, -0.1) is 11.3 Å². The molecule has 0 atom stereocenters. The molecule has 0 fully saturated rings. The predicted molar refractivity (Wildman–Crippen MR) is 239 cm³/mol. The molecule has 0 radical (unpaired) electrons. The minimum atomic E-state index is -0.587. The minimum absolute atomic E-state index is 0.587. The zero-order valence-corrected chi connectivity index (χ0v) is 32.3. The molecule has 0 amide bonds. The van der Waals surface area contributed by atoms with Gasteiger partial charge in [0.25, 0.3) is 0 Å². The normalized spacial score (nSPS) is 12.8. The van der Waals surface area contributed by atoms with Crippen molar-refractivity contribution in [1.29, 1.82) is 0 Å². The monoisotopic (exact) mass is 835 g/mol. The van der Waals surface area contributed by atoms with Crippen molar-refractivity contribution >= 4 is 65.4 Å². The molecule has 1 aliphatic rings. The Morgan fingerprint density at radius 2 is 0.836 bits per heavy atom. The van der Waals surface area contributed by atoms with Gasteiger partial charge in [-0.05, 0) is 50.1 Å². The maximum absolute atomic E-state index is 5.17. The second kappa shape index (κ2) is 14.5. The molecule has 0 aliphatic carbocycles. The first-order valence-corrected chi connectivity index (χ1v) is 20.9. The number of amidine groups is 1. The summed E-state index contributed by atoms with van der Waals surface area (Å²) in [7, 11) is 0. The van der Waals surface area contributed by atoms with E-state index in [1.54, 1.807) is 0 Å². The number of rotatable bonds is 7. The number of aromatic nitrogens is 3. The molecule has 1 aliphatic heterocycles. The van der Waals surface area contributed by atoms with Gasteiger partial charge in [0, 0.05) is 53.6 Å². The lowest BCUT2D eigenvalue weighted by Crippen LogP contribution is -2.11. The Bertz CT molecular complexity index is 2840. The Kier molecular flexibility index (Phi) is 8.78. The van der Waals surface area contributed by atoms with Gasteiger partial charge in [0.05, 0.1) is 0 Å². The summed E-state index contributed by atoms with van der Waals surface area (Å²) < 4.78 is 4.80. The summed E-state index contributed by atoms with van der Waals surface area (Å²) in [4.78, 5) is 24.9. The summed E-state index contributed by atoms with van der Waals surface area (Å²) in [5, 5.41) is 2.52. The average molecular weight is 836 g/mol. The molecule has 7 aromatic carbocycles. The Balaban J connectivity index is 0.985. The second-order valence-corrected chi connectivity index (χ2v) is 16.8. The smallest absolute Gasteiger partial charge is 0.164 e. The Hall–Kier alpha value is -6.29. The van der Waals surface area contributed by atoms with E-state index < -0.39 is 20.7 Å². The van der Waals surface area contributed by atoms with Crippen LogP contribution in [0, 0.1) is 0 Å². The molecule has 2 aromatic heterocycles. The first-order chi connectivity index (χ1) is 27.2. The highest BCUT2D eigenvalue weighted by molar-refractivity contribution is 14.2. The minimum Gasteiger partial charge on any atom is -0.222 e. The Morgan fingerprint density at radius 3 is 1.44 bits per heavy atom. The number of fused-ring (bicyclic) bond motifs is 3. The number of thiophene rings is 1. The summed E-state index contributed by atoms with van der Waals surface area (Å²) in [6.07, 6.45) is 0. The fourth-order valence-electron chi connectivity index (χ4n) is 6.70. The molecule has 9 aromatic rings. The van der Waals surface area contributed by atoms with Gasteiger partial charge in [-0.2, -0.15) is 0 Å². The first-order valence-electron chi connectivity index (χ1n) is 18.0. The van der Waals surface area contributed by atoms with E-state index in [2.05, 4.69) is 103 Å². The standard InChI is InChI=1S/C48H30IN5S/c1-5-13-32(14-6-1)43-49-44(51-45(50-43)33-15-7-2-8-16-33)38-25-27-39-40-29-37(26-28-41(40)55-42(39)30-38)31-21-23-36(24-22-31)48-53-46(34-17-9-3-10-18-34)52-47(54-48)35-19-11-4-12-20-35/h1-30H. The molecule has 55 heavy (non-hydrogen) atoms. The molecule has 3 heterocycles. The molecular formula is C48H30IN5S. The van der Waals surface area contributed by atoms with E-state index in [-0.39, 0.29) is 0 Å². The van der Waals surface area contributed by atoms with Crippen molar-refractivity contribution in [3.8, 4) is 45.3 Å². The lowest BCUT2D eigenvalue weighted by molar-refractivity contribution is 1.07. The van der Waals surface area contributed by atoms with Crippen LogP contribution in [0.4, 0.5) is 0 Å². The van der Waals surface area contributed by atoms with Crippen molar-refractivity contribution in [2.45, 2.75) is 0 Å². The molecule has 0 unspecified atom stereocenters. The maximum Gasteiger partial charge on any atom is 0.164 e. The lowest BCUT2D eigenvalue weighted by Gasteiger charge is -2.13. The fourth-order valence-corrected chi connectivity index (χ4v) is 10.3. The largest absolute Gasteiger partial charge is 0.222 e. The predicted octanol–water partition coefficient (Wildman–Crippen LogP) is 12.3. The van der Waals surface area contributed by atoms with Crippen LogP contribution in [0.5, 0.6) is 0 Å². The van der Waals surface area contributed by atoms with Crippen molar-refractivity contribution in [2.75, 3.05) is 0 Å². The topological polar surface area (TPSA) is 63.4 Å². The molecule has 0 saturated heterocycles. The highest BCUT2D eigenvalue weighted by Crippen LogP contribution is 2.38. The van der Waals surface area contributed by atoms with Crippen LogP contribution < -0.4 is 0 Å². The molecule has 0 N–H and O–H groups in total. The second-order valence-electron chi connectivity index (χ2n) is 13.1. The number of benzene rings is 7. The third-order valence-corrected chi connectivity index (χ3v) is 13.4. The summed E-state index contributed by atoms with van der Waals surface area (Å²) in [5.41, 5.74) is 8.53. The van der Waals surface area contributed by atoms with E-state index in [1.807, 2.05) is 90.2 Å². The number of halogens is 1. The van der Waals surface area contributed by atoms with E-state index in [1.165, 1.54) is 36.9 Å². The Labute approximate surface area is 332 Å². The van der Waals surface area contributed by atoms with Crippen LogP contribution >= 0.6 is 32.1 Å². The van der Waals surface area contributed by atoms with Crippen molar-refractivity contribution in [3.05, 3.63) is 199 Å². The number of hydrogen-bond acceptors (Lipinski definition) is 6. The van der Waals surface area contributed by atoms with Crippen LogP contribution in [0.25, 0.3) is 65.5 Å².